The molecule has 5 heteroatoms. The molecule has 0 spiro atoms. The molecular weight excluding hydrogens is 146 g/mol. The van der Waals surface area contributed by atoms with Gasteiger partial charge < -0.3 is 0 Å². The predicted octanol–water partition coefficient (Wildman–Crippen LogP) is 0.684. The number of nitrogens with zero attached hydrogens (tertiary/aromatic N) is 1. The summed E-state index contributed by atoms with van der Waals surface area (Å²) in [6, 6.07) is 0.0868. The van der Waals surface area contributed by atoms with Crippen molar-refractivity contribution in [1.82, 2.24) is 0 Å². The van der Waals surface area contributed by atoms with Crippen LogP contribution in [0.3, 0.4) is 0 Å². The van der Waals surface area contributed by atoms with Crippen molar-refractivity contribution < 1.29 is 19.5 Å². The third-order valence-electron chi connectivity index (χ3n) is 0.981. The lowest BCUT2D eigenvalue weighted by Crippen LogP contribution is -2.43. The molecule has 0 heterocycles. The summed E-state index contributed by atoms with van der Waals surface area (Å²) < 4.78 is 0. The summed E-state index contributed by atoms with van der Waals surface area (Å²) in [4.78, 5) is 13.8. The highest BCUT2D eigenvalue weighted by atomic mass is 35.5. The van der Waals surface area contributed by atoms with Crippen molar-refractivity contribution in [1.29, 1.82) is 0 Å². The number of halogens is 1. The minimum atomic E-state index is -0.457. The fourth-order valence-corrected chi connectivity index (χ4v) is 0.663. The smallest absolute Gasteiger partial charge is 0.134 e. The third kappa shape index (κ3) is 2.08. The van der Waals surface area contributed by atoms with Crippen molar-refractivity contribution in [3.63, 3.8) is 0 Å². The van der Waals surface area contributed by atoms with E-state index in [0.717, 1.165) is 0 Å². The van der Waals surface area contributed by atoms with E-state index in [1.54, 1.807) is 0 Å². The molecule has 0 saturated heterocycles. The Balaban J connectivity index is 3.82. The zero-order valence-electron chi connectivity index (χ0n) is 5.76. The second kappa shape index (κ2) is 4.03. The van der Waals surface area contributed by atoms with Crippen LogP contribution in [0.1, 0.15) is 0 Å². The third-order valence-corrected chi connectivity index (χ3v) is 1.27. The Morgan fingerprint density at radius 1 is 1.11 bits per heavy atom. The second-order valence-electron chi connectivity index (χ2n) is 1.28. The molecule has 0 aromatic carbocycles. The van der Waals surface area contributed by atoms with Crippen LogP contribution in [0.25, 0.3) is 0 Å². The molecule has 0 fully saturated rings. The fourth-order valence-electron chi connectivity index (χ4n) is 0.370. The average Bonchev–Trinajstić information content (AvgIpc) is 1.95. The summed E-state index contributed by atoms with van der Waals surface area (Å²) in [7, 11) is 4.32. The molecule has 0 aromatic heterocycles. The minimum Gasteiger partial charge on any atom is -0.134 e. The standard InChI is InChI=1S/C4H11ClNO3/c1-7-6(4-5,8-2)9-3/h4H2,1-3H3/q+1. The van der Waals surface area contributed by atoms with Gasteiger partial charge in [-0.25, -0.2) is 0 Å². The Morgan fingerprint density at radius 2 is 1.44 bits per heavy atom. The Bertz CT molecular complexity index is 58.7. The van der Waals surface area contributed by atoms with Crippen molar-refractivity contribution in [2.45, 2.75) is 0 Å². The molecule has 0 amide bonds. The highest BCUT2D eigenvalue weighted by Gasteiger charge is 2.28. The first-order chi connectivity index (χ1) is 4.24. The van der Waals surface area contributed by atoms with Crippen molar-refractivity contribution in [3.8, 4) is 0 Å². The van der Waals surface area contributed by atoms with Gasteiger partial charge in [0.25, 0.3) is 6.00 Å². The highest BCUT2D eigenvalue weighted by molar-refractivity contribution is 6.16. The molecule has 0 aliphatic carbocycles. The Labute approximate surface area is 59.3 Å². The number of alkyl halides is 1. The van der Waals surface area contributed by atoms with E-state index in [9.17, 15) is 0 Å². The van der Waals surface area contributed by atoms with Crippen molar-refractivity contribution in [2.24, 2.45) is 0 Å². The van der Waals surface area contributed by atoms with Gasteiger partial charge in [0, 0.05) is 0 Å². The van der Waals surface area contributed by atoms with E-state index in [-0.39, 0.29) is 6.00 Å². The van der Waals surface area contributed by atoms with Crippen LogP contribution in [0.4, 0.5) is 0 Å². The molecule has 0 saturated carbocycles. The SMILES string of the molecule is CO[N+](CCl)(OC)OC. The fraction of sp³-hybridized carbons (Fsp3) is 1.00. The van der Waals surface area contributed by atoms with E-state index in [4.69, 9.17) is 26.1 Å². The predicted molar refractivity (Wildman–Crippen MR) is 32.0 cm³/mol. The number of hydrogen-bond donors (Lipinski definition) is 0. The maximum atomic E-state index is 5.42. The summed E-state index contributed by atoms with van der Waals surface area (Å²) in [6.45, 7) is 0. The first-order valence-corrected chi connectivity index (χ1v) is 2.89. The summed E-state index contributed by atoms with van der Waals surface area (Å²) in [5.41, 5.74) is 0. The van der Waals surface area contributed by atoms with Gasteiger partial charge in [-0.1, -0.05) is 11.6 Å². The van der Waals surface area contributed by atoms with Crippen LogP contribution in [0, 0.1) is 0 Å². The molecule has 0 aliphatic rings. The largest absolute Gasteiger partial charge is 0.251 e. The van der Waals surface area contributed by atoms with Crippen LogP contribution in [-0.4, -0.2) is 32.3 Å². The van der Waals surface area contributed by atoms with Gasteiger partial charge in [0.05, 0.1) is 0 Å². The van der Waals surface area contributed by atoms with E-state index in [1.165, 1.54) is 21.3 Å². The topological polar surface area (TPSA) is 27.7 Å². The van der Waals surface area contributed by atoms with Gasteiger partial charge in [-0.2, -0.15) is 0 Å². The highest BCUT2D eigenvalue weighted by Crippen LogP contribution is 2.08. The Kier molecular flexibility index (Phi) is 4.09. The molecule has 0 aromatic rings. The van der Waals surface area contributed by atoms with E-state index < -0.39 is 4.97 Å². The maximum Gasteiger partial charge on any atom is 0.251 e. The molecule has 9 heavy (non-hydrogen) atoms. The zero-order chi connectivity index (χ0) is 7.33. The van der Waals surface area contributed by atoms with Crippen LogP contribution < -0.4 is 0 Å². The lowest BCUT2D eigenvalue weighted by Gasteiger charge is -2.21. The van der Waals surface area contributed by atoms with Gasteiger partial charge in [-0.3, -0.25) is 0 Å². The molecule has 0 N–H and O–H groups in total. The molecule has 0 bridgehead atoms. The minimum absolute atomic E-state index is 0.0868. The molecular formula is C4H11ClNO3+. The van der Waals surface area contributed by atoms with E-state index in [2.05, 4.69) is 0 Å². The molecule has 56 valence electrons. The zero-order valence-corrected chi connectivity index (χ0v) is 6.51. The number of rotatable bonds is 4. The van der Waals surface area contributed by atoms with Gasteiger partial charge in [0.2, 0.25) is 0 Å². The summed E-state index contributed by atoms with van der Waals surface area (Å²) in [6.07, 6.45) is 0. The quantitative estimate of drug-likeness (QED) is 0.259. The lowest BCUT2D eigenvalue weighted by molar-refractivity contribution is -1.36. The van der Waals surface area contributed by atoms with Gasteiger partial charge >= 0.3 is 0 Å². The van der Waals surface area contributed by atoms with Gasteiger partial charge in [0.15, 0.2) is 0 Å². The van der Waals surface area contributed by atoms with Crippen molar-refractivity contribution in [3.05, 3.63) is 0 Å². The van der Waals surface area contributed by atoms with Crippen LogP contribution in [0.2, 0.25) is 0 Å². The van der Waals surface area contributed by atoms with Crippen LogP contribution in [0.5, 0.6) is 0 Å². The monoisotopic (exact) mass is 156 g/mol. The first-order valence-electron chi connectivity index (χ1n) is 2.36. The molecule has 4 nitrogen and oxygen atoms in total. The van der Waals surface area contributed by atoms with Crippen LogP contribution in [0.15, 0.2) is 0 Å². The second-order valence-corrected chi connectivity index (χ2v) is 1.52. The van der Waals surface area contributed by atoms with Gasteiger partial charge in [-0.15, -0.1) is 14.5 Å². The number of hydrogen-bond acceptors (Lipinski definition) is 3. The molecule has 0 aliphatic heterocycles. The lowest BCUT2D eigenvalue weighted by atomic mass is 11.4. The normalized spacial score (nSPS) is 12.0. The average molecular weight is 157 g/mol. The summed E-state index contributed by atoms with van der Waals surface area (Å²) >= 11 is 5.42. The van der Waals surface area contributed by atoms with E-state index in [0.29, 0.717) is 0 Å². The summed E-state index contributed by atoms with van der Waals surface area (Å²) in [5, 5.41) is 0. The van der Waals surface area contributed by atoms with Crippen molar-refractivity contribution >= 4 is 11.6 Å². The van der Waals surface area contributed by atoms with E-state index >= 15 is 0 Å². The molecule has 0 radical (unpaired) electrons. The van der Waals surface area contributed by atoms with Crippen molar-refractivity contribution in [2.75, 3.05) is 27.3 Å². The Morgan fingerprint density at radius 3 is 1.44 bits per heavy atom. The van der Waals surface area contributed by atoms with Gasteiger partial charge in [-0.05, 0) is 0 Å². The van der Waals surface area contributed by atoms with Crippen LogP contribution in [-0.2, 0) is 14.5 Å². The van der Waals surface area contributed by atoms with E-state index in [1.807, 2.05) is 0 Å². The molecule has 0 unspecified atom stereocenters. The maximum absolute atomic E-state index is 5.42. The first kappa shape index (κ1) is 9.13. The Hall–Kier alpha value is 0.130. The number of quaternary nitrogens is 1. The number of hydroxylamine groups is 3. The van der Waals surface area contributed by atoms with Crippen LogP contribution >= 0.6 is 11.6 Å². The molecule has 0 atom stereocenters. The van der Waals surface area contributed by atoms with Gasteiger partial charge in [0.1, 0.15) is 26.3 Å². The summed E-state index contributed by atoms with van der Waals surface area (Å²) in [5.74, 6) is 0. The molecule has 0 rings (SSSR count).